The Kier molecular flexibility index (Phi) is 9.54. The minimum atomic E-state index is -1.64. The van der Waals surface area contributed by atoms with Crippen LogP contribution in [0.2, 0.25) is 0 Å². The molecular formula is C30H35F3N6O3. The van der Waals surface area contributed by atoms with Gasteiger partial charge in [-0.05, 0) is 81.4 Å². The van der Waals surface area contributed by atoms with E-state index in [-0.39, 0.29) is 29.8 Å². The molecule has 2 aliphatic rings. The number of halogens is 3. The third-order valence-electron chi connectivity index (χ3n) is 7.35. The van der Waals surface area contributed by atoms with E-state index in [2.05, 4.69) is 20.9 Å². The fourth-order valence-electron chi connectivity index (χ4n) is 4.65. The van der Waals surface area contributed by atoms with Crippen LogP contribution in [-0.4, -0.2) is 32.5 Å². The first kappa shape index (κ1) is 30.6. The first-order valence-corrected chi connectivity index (χ1v) is 14.0. The molecule has 0 aliphatic heterocycles. The molecule has 12 heteroatoms. The number of carbonyl (C=O) groups excluding carboxylic acids is 1. The zero-order valence-electron chi connectivity index (χ0n) is 24.1. The molecule has 1 fully saturated rings. The summed E-state index contributed by atoms with van der Waals surface area (Å²) in [6, 6.07) is 1.64. The van der Waals surface area contributed by atoms with Crippen LogP contribution >= 0.6 is 0 Å². The molecule has 0 radical (unpaired) electrons. The number of nitrogens with one attached hydrogen (secondary N) is 3. The minimum absolute atomic E-state index is 0.0389. The Balaban J connectivity index is 1.79. The van der Waals surface area contributed by atoms with Crippen molar-refractivity contribution in [1.29, 1.82) is 0 Å². The summed E-state index contributed by atoms with van der Waals surface area (Å²) in [5.41, 5.74) is 1.45. The van der Waals surface area contributed by atoms with Gasteiger partial charge in [0.1, 0.15) is 0 Å². The molecule has 1 aromatic heterocycles. The maximum Gasteiger partial charge on any atom is 0.355 e. The van der Waals surface area contributed by atoms with Gasteiger partial charge in [-0.15, -0.1) is 0 Å². The number of anilines is 1. The van der Waals surface area contributed by atoms with E-state index in [1.54, 1.807) is 19.1 Å². The summed E-state index contributed by atoms with van der Waals surface area (Å²) in [5, 5.41) is 9.28. The van der Waals surface area contributed by atoms with Gasteiger partial charge in [0.05, 0.1) is 18.8 Å². The zero-order chi connectivity index (χ0) is 30.6. The van der Waals surface area contributed by atoms with E-state index in [0.29, 0.717) is 17.8 Å². The number of aromatic nitrogens is 3. The predicted octanol–water partition coefficient (Wildman–Crippen LogP) is 4.01. The van der Waals surface area contributed by atoms with E-state index in [1.807, 2.05) is 20.8 Å². The molecular weight excluding hydrogens is 549 g/mol. The van der Waals surface area contributed by atoms with Gasteiger partial charge in [0, 0.05) is 30.1 Å². The van der Waals surface area contributed by atoms with E-state index in [9.17, 15) is 27.6 Å². The van der Waals surface area contributed by atoms with E-state index in [1.165, 1.54) is 6.08 Å². The second-order valence-corrected chi connectivity index (χ2v) is 10.3. The summed E-state index contributed by atoms with van der Waals surface area (Å²) in [6.45, 7) is 7.75. The van der Waals surface area contributed by atoms with Crippen molar-refractivity contribution in [3.63, 3.8) is 0 Å². The number of rotatable bonds is 11. The van der Waals surface area contributed by atoms with Crippen LogP contribution in [0.1, 0.15) is 58.9 Å². The average molecular weight is 585 g/mol. The third kappa shape index (κ3) is 6.58. The quantitative estimate of drug-likeness (QED) is 0.343. The Morgan fingerprint density at radius 2 is 1.74 bits per heavy atom. The van der Waals surface area contributed by atoms with Crippen molar-refractivity contribution < 1.29 is 18.0 Å². The van der Waals surface area contributed by atoms with Gasteiger partial charge in [0.25, 0.3) is 0 Å². The highest BCUT2D eigenvalue weighted by Gasteiger charge is 2.23. The average Bonchev–Trinajstić information content (AvgIpc) is 2.92. The lowest BCUT2D eigenvalue weighted by Gasteiger charge is -2.24. The highest BCUT2D eigenvalue weighted by atomic mass is 19.2. The molecule has 224 valence electrons. The normalized spacial score (nSPS) is 16.5. The first-order chi connectivity index (χ1) is 20.1. The molecule has 1 atom stereocenters. The van der Waals surface area contributed by atoms with E-state index in [0.717, 1.165) is 58.2 Å². The maximum atomic E-state index is 14.1. The van der Waals surface area contributed by atoms with E-state index in [4.69, 9.17) is 0 Å². The molecule has 0 saturated heterocycles. The number of hydrogen-bond donors (Lipinski definition) is 3. The summed E-state index contributed by atoms with van der Waals surface area (Å²) in [4.78, 5) is 44.1. The number of carbonyl (C=O) groups is 1. The molecule has 1 unspecified atom stereocenters. The Labute approximate surface area is 241 Å². The molecule has 2 aliphatic carbocycles. The Morgan fingerprint density at radius 1 is 1.05 bits per heavy atom. The van der Waals surface area contributed by atoms with Crippen molar-refractivity contribution in [3.8, 4) is 0 Å². The molecule has 3 N–H and O–H groups in total. The Morgan fingerprint density at radius 3 is 2.31 bits per heavy atom. The standard InChI is InChI=1S/C30H35F3N6O3/c1-5-17(4)35-23-14-26(40)24(13-19(23)6-2)36-28-37-29(41)39(16-25(34-7-3)20-9-8-10-20)30(42)38(28)15-18-11-21(31)27(33)22(32)12-18/h6,11-14,17,34-35H,5,7-10,15-16H2,1-4H3,(H,36,37,41)/b19-6-. The van der Waals surface area contributed by atoms with Crippen molar-refractivity contribution in [2.45, 2.75) is 72.5 Å². The summed E-state index contributed by atoms with van der Waals surface area (Å²) >= 11 is 0. The fraction of sp³-hybridized carbons (Fsp3) is 0.400. The van der Waals surface area contributed by atoms with Crippen LogP contribution < -0.4 is 27.3 Å². The van der Waals surface area contributed by atoms with Crippen LogP contribution in [0.3, 0.4) is 0 Å². The van der Waals surface area contributed by atoms with Crippen molar-refractivity contribution in [2.75, 3.05) is 11.9 Å². The van der Waals surface area contributed by atoms with Crippen LogP contribution in [0.5, 0.6) is 0 Å². The van der Waals surface area contributed by atoms with Crippen LogP contribution in [-0.2, 0) is 17.9 Å². The van der Waals surface area contributed by atoms with Gasteiger partial charge in [-0.1, -0.05) is 13.0 Å². The van der Waals surface area contributed by atoms with E-state index >= 15 is 0 Å². The van der Waals surface area contributed by atoms with E-state index < -0.39 is 41.2 Å². The van der Waals surface area contributed by atoms with Crippen LogP contribution in [0.15, 0.2) is 68.2 Å². The lowest BCUT2D eigenvalue weighted by Crippen LogP contribution is -2.44. The molecule has 0 amide bonds. The largest absolute Gasteiger partial charge is 0.387 e. The van der Waals surface area contributed by atoms with Gasteiger partial charge >= 0.3 is 11.4 Å². The molecule has 1 aromatic carbocycles. The number of allylic oxidation sites excluding steroid dienone is 5. The number of hydrogen-bond acceptors (Lipinski definition) is 7. The molecule has 4 rings (SSSR count). The maximum absolute atomic E-state index is 14.1. The first-order valence-electron chi connectivity index (χ1n) is 14.0. The third-order valence-corrected chi connectivity index (χ3v) is 7.35. The van der Waals surface area contributed by atoms with Gasteiger partial charge in [0.2, 0.25) is 11.7 Å². The molecule has 2 aromatic rings. The van der Waals surface area contributed by atoms with Crippen LogP contribution in [0.4, 0.5) is 19.1 Å². The van der Waals surface area contributed by atoms with Gasteiger partial charge < -0.3 is 16.0 Å². The Hall–Kier alpha value is -4.35. The van der Waals surface area contributed by atoms with Crippen LogP contribution in [0.25, 0.3) is 0 Å². The second kappa shape index (κ2) is 13.1. The summed E-state index contributed by atoms with van der Waals surface area (Å²) in [7, 11) is 0. The topological polar surface area (TPSA) is 110 Å². The Bertz CT molecular complexity index is 1600. The summed E-state index contributed by atoms with van der Waals surface area (Å²) in [5.74, 6) is -5.21. The van der Waals surface area contributed by atoms with Crippen molar-refractivity contribution in [3.05, 3.63) is 103 Å². The predicted molar refractivity (Wildman–Crippen MR) is 154 cm³/mol. The minimum Gasteiger partial charge on any atom is -0.387 e. The lowest BCUT2D eigenvalue weighted by molar-refractivity contribution is -0.111. The van der Waals surface area contributed by atoms with Gasteiger partial charge in [0.15, 0.2) is 17.5 Å². The van der Waals surface area contributed by atoms with Crippen molar-refractivity contribution in [2.24, 2.45) is 0 Å². The summed E-state index contributed by atoms with van der Waals surface area (Å²) < 4.78 is 43.7. The van der Waals surface area contributed by atoms with Crippen molar-refractivity contribution >= 4 is 11.7 Å². The van der Waals surface area contributed by atoms with Gasteiger partial charge in [-0.2, -0.15) is 4.98 Å². The van der Waals surface area contributed by atoms with Gasteiger partial charge in [-0.3, -0.25) is 9.36 Å². The van der Waals surface area contributed by atoms with Crippen LogP contribution in [0, 0.1) is 17.5 Å². The van der Waals surface area contributed by atoms with Gasteiger partial charge in [-0.25, -0.2) is 27.3 Å². The molecule has 0 bridgehead atoms. The monoisotopic (exact) mass is 584 g/mol. The molecule has 0 spiro atoms. The number of likely N-dealkylation sites (N-methyl/N-ethyl adjacent to an activating group) is 1. The highest BCUT2D eigenvalue weighted by Crippen LogP contribution is 2.28. The molecule has 1 heterocycles. The number of benzene rings is 1. The summed E-state index contributed by atoms with van der Waals surface area (Å²) in [6.07, 6.45) is 8.30. The molecule has 1 saturated carbocycles. The SMILES string of the molecule is C/C=C1/C=C(Nc2nc(=O)n(CC(NCC)=C3CCC3)c(=O)n2Cc2cc(F)c(F)c(F)c2)C(=O)C=C1NC(C)CC. The molecule has 9 nitrogen and oxygen atoms in total. The molecule has 42 heavy (non-hydrogen) atoms. The number of ketones is 1. The lowest BCUT2D eigenvalue weighted by atomic mass is 9.90. The van der Waals surface area contributed by atoms with Crippen molar-refractivity contribution in [1.82, 2.24) is 24.8 Å². The number of nitrogens with zero attached hydrogens (tertiary/aromatic N) is 3. The second-order valence-electron chi connectivity index (χ2n) is 10.3. The fourth-order valence-corrected chi connectivity index (χ4v) is 4.65. The smallest absolute Gasteiger partial charge is 0.355 e. The zero-order valence-corrected chi connectivity index (χ0v) is 24.1. The highest BCUT2D eigenvalue weighted by molar-refractivity contribution is 6.08.